The number of nitrogens with zero attached hydrogens (tertiary/aromatic N) is 1. The summed E-state index contributed by atoms with van der Waals surface area (Å²) in [7, 11) is 1.93. The van der Waals surface area contributed by atoms with E-state index in [0.717, 1.165) is 11.6 Å². The maximum atomic E-state index is 4.30. The molecule has 2 aromatic heterocycles. The topological polar surface area (TPSA) is 40.7 Å². The molecule has 3 nitrogen and oxygen atoms in total. The molecule has 4 heteroatoms. The maximum Gasteiger partial charge on any atom is 0.107 e. The zero-order chi connectivity index (χ0) is 9.10. The molecule has 0 spiro atoms. The Morgan fingerprint density at radius 2 is 2.54 bits per heavy atom. The second-order valence-electron chi connectivity index (χ2n) is 2.75. The summed E-state index contributed by atoms with van der Waals surface area (Å²) < 4.78 is 0. The Labute approximate surface area is 80.8 Å². The van der Waals surface area contributed by atoms with Crippen LogP contribution >= 0.6 is 11.3 Å². The fourth-order valence-electron chi connectivity index (χ4n) is 1.15. The van der Waals surface area contributed by atoms with Gasteiger partial charge in [0.25, 0.3) is 0 Å². The molecular formula is C9H11N3S. The molecule has 2 N–H and O–H groups in total. The van der Waals surface area contributed by atoms with Crippen LogP contribution in [0.3, 0.4) is 0 Å². The highest BCUT2D eigenvalue weighted by Gasteiger charge is 2.02. The van der Waals surface area contributed by atoms with Crippen molar-refractivity contribution in [3.63, 3.8) is 0 Å². The number of aromatic nitrogens is 2. The number of hydrogen-bond acceptors (Lipinski definition) is 3. The van der Waals surface area contributed by atoms with Gasteiger partial charge in [0, 0.05) is 30.7 Å². The third kappa shape index (κ3) is 1.79. The predicted molar refractivity (Wildman–Crippen MR) is 54.7 cm³/mol. The summed E-state index contributed by atoms with van der Waals surface area (Å²) in [5.41, 5.74) is 1.21. The molecular weight excluding hydrogens is 182 g/mol. The number of aromatic amines is 1. The number of hydrogen-bond donors (Lipinski definition) is 2. The van der Waals surface area contributed by atoms with Crippen molar-refractivity contribution < 1.29 is 0 Å². The van der Waals surface area contributed by atoms with E-state index in [9.17, 15) is 0 Å². The normalized spacial score (nSPS) is 10.5. The molecule has 13 heavy (non-hydrogen) atoms. The van der Waals surface area contributed by atoms with Crippen LogP contribution < -0.4 is 5.32 Å². The zero-order valence-corrected chi connectivity index (χ0v) is 8.19. The highest BCUT2D eigenvalue weighted by atomic mass is 32.1. The van der Waals surface area contributed by atoms with E-state index in [2.05, 4.69) is 21.4 Å². The molecule has 2 heterocycles. The first-order chi connectivity index (χ1) is 6.40. The van der Waals surface area contributed by atoms with Gasteiger partial charge < -0.3 is 10.3 Å². The molecule has 0 atom stereocenters. The highest BCUT2D eigenvalue weighted by molar-refractivity contribution is 7.15. The molecule has 0 fully saturated rings. The van der Waals surface area contributed by atoms with Crippen LogP contribution in [-0.4, -0.2) is 17.0 Å². The lowest BCUT2D eigenvalue weighted by Gasteiger charge is -1.90. The Hall–Kier alpha value is -1.13. The second kappa shape index (κ2) is 3.72. The van der Waals surface area contributed by atoms with Crippen LogP contribution in [0.15, 0.2) is 24.7 Å². The average Bonchev–Trinajstić information content (AvgIpc) is 2.70. The lowest BCUT2D eigenvalue weighted by Crippen LogP contribution is -2.03. The Morgan fingerprint density at radius 1 is 1.62 bits per heavy atom. The highest BCUT2D eigenvalue weighted by Crippen LogP contribution is 2.25. The first-order valence-electron chi connectivity index (χ1n) is 4.12. The van der Waals surface area contributed by atoms with Gasteiger partial charge in [-0.3, -0.25) is 0 Å². The Morgan fingerprint density at radius 3 is 3.23 bits per heavy atom. The van der Waals surface area contributed by atoms with Gasteiger partial charge in [-0.15, -0.1) is 11.3 Å². The molecule has 0 aliphatic heterocycles. The fourth-order valence-corrected chi connectivity index (χ4v) is 2.08. The Kier molecular flexibility index (Phi) is 2.42. The van der Waals surface area contributed by atoms with Crippen LogP contribution in [0.25, 0.3) is 10.4 Å². The third-order valence-electron chi connectivity index (χ3n) is 1.76. The van der Waals surface area contributed by atoms with Gasteiger partial charge in [-0.2, -0.15) is 0 Å². The molecule has 2 rings (SSSR count). The molecule has 0 bridgehead atoms. The molecule has 0 aliphatic carbocycles. The van der Waals surface area contributed by atoms with Crippen LogP contribution in [0.4, 0.5) is 0 Å². The SMILES string of the molecule is CNCc1ncc(-c2cc[nH]c2)s1. The van der Waals surface area contributed by atoms with E-state index in [1.807, 2.05) is 25.6 Å². The van der Waals surface area contributed by atoms with Crippen molar-refractivity contribution in [2.45, 2.75) is 6.54 Å². The van der Waals surface area contributed by atoms with Crippen LogP contribution in [0.1, 0.15) is 5.01 Å². The van der Waals surface area contributed by atoms with E-state index < -0.39 is 0 Å². The molecule has 0 unspecified atom stereocenters. The minimum absolute atomic E-state index is 0.842. The lowest BCUT2D eigenvalue weighted by atomic mass is 10.3. The van der Waals surface area contributed by atoms with Crippen molar-refractivity contribution in [1.29, 1.82) is 0 Å². The van der Waals surface area contributed by atoms with Crippen molar-refractivity contribution in [1.82, 2.24) is 15.3 Å². The van der Waals surface area contributed by atoms with Crippen molar-refractivity contribution in [3.05, 3.63) is 29.7 Å². The van der Waals surface area contributed by atoms with Gasteiger partial charge in [0.2, 0.25) is 0 Å². The van der Waals surface area contributed by atoms with Crippen molar-refractivity contribution in [2.24, 2.45) is 0 Å². The Bertz CT molecular complexity index is 364. The molecule has 0 radical (unpaired) electrons. The van der Waals surface area contributed by atoms with Crippen LogP contribution in [0.5, 0.6) is 0 Å². The summed E-state index contributed by atoms with van der Waals surface area (Å²) in [6.45, 7) is 0.842. The predicted octanol–water partition coefficient (Wildman–Crippen LogP) is 1.86. The van der Waals surface area contributed by atoms with E-state index in [0.29, 0.717) is 0 Å². The molecule has 0 aromatic carbocycles. The van der Waals surface area contributed by atoms with Gasteiger partial charge in [-0.05, 0) is 13.1 Å². The number of nitrogens with one attached hydrogen (secondary N) is 2. The van der Waals surface area contributed by atoms with E-state index in [4.69, 9.17) is 0 Å². The Balaban J connectivity index is 2.23. The second-order valence-corrected chi connectivity index (χ2v) is 3.86. The molecule has 0 amide bonds. The minimum Gasteiger partial charge on any atom is -0.367 e. The third-order valence-corrected chi connectivity index (χ3v) is 2.81. The van der Waals surface area contributed by atoms with Crippen LogP contribution in [0, 0.1) is 0 Å². The average molecular weight is 193 g/mol. The van der Waals surface area contributed by atoms with Crippen LogP contribution in [0.2, 0.25) is 0 Å². The van der Waals surface area contributed by atoms with Gasteiger partial charge in [0.05, 0.1) is 4.88 Å². The molecule has 2 aromatic rings. The van der Waals surface area contributed by atoms with E-state index >= 15 is 0 Å². The van der Waals surface area contributed by atoms with Crippen molar-refractivity contribution >= 4 is 11.3 Å². The first-order valence-corrected chi connectivity index (χ1v) is 4.94. The maximum absolute atomic E-state index is 4.30. The summed E-state index contributed by atoms with van der Waals surface area (Å²) in [5.74, 6) is 0. The summed E-state index contributed by atoms with van der Waals surface area (Å²) in [6.07, 6.45) is 5.82. The van der Waals surface area contributed by atoms with Crippen molar-refractivity contribution in [2.75, 3.05) is 7.05 Å². The number of thiazole rings is 1. The van der Waals surface area contributed by atoms with E-state index in [1.54, 1.807) is 11.3 Å². The minimum atomic E-state index is 0.842. The first kappa shape index (κ1) is 8.47. The summed E-state index contributed by atoms with van der Waals surface area (Å²) in [5, 5.41) is 4.21. The van der Waals surface area contributed by atoms with Gasteiger partial charge >= 0.3 is 0 Å². The van der Waals surface area contributed by atoms with Crippen molar-refractivity contribution in [3.8, 4) is 10.4 Å². The van der Waals surface area contributed by atoms with Gasteiger partial charge in [0.1, 0.15) is 5.01 Å². The van der Waals surface area contributed by atoms with Gasteiger partial charge in [-0.25, -0.2) is 4.98 Å². The molecule has 0 saturated carbocycles. The largest absolute Gasteiger partial charge is 0.367 e. The number of rotatable bonds is 3. The fraction of sp³-hybridized carbons (Fsp3) is 0.222. The van der Waals surface area contributed by atoms with Gasteiger partial charge in [0.15, 0.2) is 0 Å². The lowest BCUT2D eigenvalue weighted by molar-refractivity contribution is 0.810. The monoisotopic (exact) mass is 193 g/mol. The smallest absolute Gasteiger partial charge is 0.107 e. The summed E-state index contributed by atoms with van der Waals surface area (Å²) in [6, 6.07) is 2.05. The summed E-state index contributed by atoms with van der Waals surface area (Å²) >= 11 is 1.72. The molecule has 0 saturated heterocycles. The molecule has 68 valence electrons. The zero-order valence-electron chi connectivity index (χ0n) is 7.37. The molecule has 0 aliphatic rings. The summed E-state index contributed by atoms with van der Waals surface area (Å²) in [4.78, 5) is 8.55. The van der Waals surface area contributed by atoms with E-state index in [-0.39, 0.29) is 0 Å². The number of H-pyrrole nitrogens is 1. The quantitative estimate of drug-likeness (QED) is 0.781. The van der Waals surface area contributed by atoms with Crippen LogP contribution in [-0.2, 0) is 6.54 Å². The standard InChI is InChI=1S/C9H11N3S/c1-10-6-9-12-5-8(13-9)7-2-3-11-4-7/h2-5,10-11H,6H2,1H3. The van der Waals surface area contributed by atoms with Gasteiger partial charge in [-0.1, -0.05) is 0 Å². The van der Waals surface area contributed by atoms with E-state index in [1.165, 1.54) is 10.4 Å².